The Morgan fingerprint density at radius 1 is 0.889 bits per heavy atom. The second kappa shape index (κ2) is 5.19. The van der Waals surface area contributed by atoms with Crippen molar-refractivity contribution in [1.29, 1.82) is 0 Å². The third-order valence-electron chi connectivity index (χ3n) is 2.65. The SMILES string of the molecule is C/C(=C/c1ccccc1)S(=O)(=O)c1ccccc1. The van der Waals surface area contributed by atoms with E-state index in [4.69, 9.17) is 0 Å². The molecule has 0 fully saturated rings. The molecule has 0 aliphatic carbocycles. The molecule has 0 aromatic heterocycles. The van der Waals surface area contributed by atoms with Crippen molar-refractivity contribution in [2.45, 2.75) is 11.8 Å². The summed E-state index contributed by atoms with van der Waals surface area (Å²) in [6.07, 6.45) is 1.68. The molecular weight excluding hydrogens is 244 g/mol. The van der Waals surface area contributed by atoms with Crippen LogP contribution in [0.5, 0.6) is 0 Å². The zero-order valence-corrected chi connectivity index (χ0v) is 10.9. The van der Waals surface area contributed by atoms with E-state index >= 15 is 0 Å². The molecule has 2 aromatic carbocycles. The van der Waals surface area contributed by atoms with Crippen LogP contribution in [-0.4, -0.2) is 8.42 Å². The van der Waals surface area contributed by atoms with Crippen LogP contribution in [0.4, 0.5) is 0 Å². The highest BCUT2D eigenvalue weighted by Crippen LogP contribution is 2.20. The van der Waals surface area contributed by atoms with E-state index in [1.54, 1.807) is 43.3 Å². The second-order valence-electron chi connectivity index (χ2n) is 3.98. The van der Waals surface area contributed by atoms with Gasteiger partial charge >= 0.3 is 0 Å². The van der Waals surface area contributed by atoms with Crippen LogP contribution in [0.25, 0.3) is 6.08 Å². The molecule has 0 bridgehead atoms. The van der Waals surface area contributed by atoms with Crippen LogP contribution >= 0.6 is 0 Å². The minimum absolute atomic E-state index is 0.328. The molecule has 2 aromatic rings. The quantitative estimate of drug-likeness (QED) is 0.844. The third kappa shape index (κ3) is 2.68. The molecule has 0 aliphatic rings. The maximum absolute atomic E-state index is 12.3. The fraction of sp³-hybridized carbons (Fsp3) is 0.0667. The fourth-order valence-electron chi connectivity index (χ4n) is 1.65. The van der Waals surface area contributed by atoms with E-state index in [-0.39, 0.29) is 0 Å². The van der Waals surface area contributed by atoms with Crippen LogP contribution in [0.2, 0.25) is 0 Å². The molecule has 92 valence electrons. The van der Waals surface area contributed by atoms with E-state index in [0.29, 0.717) is 9.80 Å². The van der Waals surface area contributed by atoms with Gasteiger partial charge in [0.25, 0.3) is 0 Å². The summed E-state index contributed by atoms with van der Waals surface area (Å²) in [5.41, 5.74) is 0.884. The summed E-state index contributed by atoms with van der Waals surface area (Å²) in [5.74, 6) is 0. The second-order valence-corrected chi connectivity index (χ2v) is 6.10. The van der Waals surface area contributed by atoms with Gasteiger partial charge in [0.2, 0.25) is 9.84 Å². The van der Waals surface area contributed by atoms with Crippen molar-refractivity contribution in [2.75, 3.05) is 0 Å². The van der Waals surface area contributed by atoms with Crippen molar-refractivity contribution in [3.63, 3.8) is 0 Å². The highest BCUT2D eigenvalue weighted by atomic mass is 32.2. The summed E-state index contributed by atoms with van der Waals surface area (Å²) in [4.78, 5) is 0.676. The molecule has 0 aliphatic heterocycles. The highest BCUT2D eigenvalue weighted by molar-refractivity contribution is 7.95. The Hall–Kier alpha value is -1.87. The van der Waals surface area contributed by atoms with Gasteiger partial charge in [-0.05, 0) is 30.7 Å². The van der Waals surface area contributed by atoms with Gasteiger partial charge in [0.1, 0.15) is 0 Å². The largest absolute Gasteiger partial charge is 0.219 e. The number of rotatable bonds is 3. The van der Waals surface area contributed by atoms with E-state index in [0.717, 1.165) is 5.56 Å². The minimum atomic E-state index is -3.38. The summed E-state index contributed by atoms with van der Waals surface area (Å²) < 4.78 is 24.5. The van der Waals surface area contributed by atoms with Gasteiger partial charge in [-0.15, -0.1) is 0 Å². The zero-order chi connectivity index (χ0) is 13.0. The predicted molar refractivity (Wildman–Crippen MR) is 73.7 cm³/mol. The number of hydrogen-bond acceptors (Lipinski definition) is 2. The molecule has 2 nitrogen and oxygen atoms in total. The summed E-state index contributed by atoms with van der Waals surface area (Å²) in [5, 5.41) is 0. The number of sulfone groups is 1. The summed E-state index contributed by atoms with van der Waals surface area (Å²) in [7, 11) is -3.38. The average molecular weight is 258 g/mol. The lowest BCUT2D eigenvalue weighted by atomic mass is 10.2. The van der Waals surface area contributed by atoms with E-state index in [1.807, 2.05) is 30.3 Å². The van der Waals surface area contributed by atoms with Gasteiger partial charge < -0.3 is 0 Å². The summed E-state index contributed by atoms with van der Waals surface area (Å²) in [6.45, 7) is 1.62. The van der Waals surface area contributed by atoms with E-state index in [1.165, 1.54) is 0 Å². The van der Waals surface area contributed by atoms with Gasteiger partial charge in [-0.25, -0.2) is 8.42 Å². The van der Waals surface area contributed by atoms with Crippen molar-refractivity contribution in [3.05, 3.63) is 71.1 Å². The lowest BCUT2D eigenvalue weighted by Crippen LogP contribution is -2.01. The van der Waals surface area contributed by atoms with Crippen LogP contribution < -0.4 is 0 Å². The van der Waals surface area contributed by atoms with Crippen LogP contribution in [0.1, 0.15) is 12.5 Å². The molecule has 3 heteroatoms. The zero-order valence-electron chi connectivity index (χ0n) is 10.1. The Kier molecular flexibility index (Phi) is 3.63. The standard InChI is InChI=1S/C15H14O2S/c1-13(12-14-8-4-2-5-9-14)18(16,17)15-10-6-3-7-11-15/h2-12H,1H3/b13-12-. The Morgan fingerprint density at radius 2 is 1.39 bits per heavy atom. The maximum atomic E-state index is 12.3. The molecule has 0 saturated carbocycles. The topological polar surface area (TPSA) is 34.1 Å². The first-order valence-corrected chi connectivity index (χ1v) is 7.12. The Morgan fingerprint density at radius 3 is 1.94 bits per heavy atom. The predicted octanol–water partition coefficient (Wildman–Crippen LogP) is 3.52. The van der Waals surface area contributed by atoms with Gasteiger partial charge in [-0.1, -0.05) is 48.5 Å². The molecule has 0 heterocycles. The monoisotopic (exact) mass is 258 g/mol. The van der Waals surface area contributed by atoms with E-state index in [2.05, 4.69) is 0 Å². The van der Waals surface area contributed by atoms with Crippen LogP contribution in [0, 0.1) is 0 Å². The first-order valence-electron chi connectivity index (χ1n) is 5.64. The smallest absolute Gasteiger partial charge is 0.202 e. The van der Waals surface area contributed by atoms with Gasteiger partial charge in [0.05, 0.1) is 4.90 Å². The Bertz CT molecular complexity index is 641. The first kappa shape index (κ1) is 12.6. The van der Waals surface area contributed by atoms with E-state index < -0.39 is 9.84 Å². The molecule has 0 unspecified atom stereocenters. The molecule has 0 N–H and O–H groups in total. The minimum Gasteiger partial charge on any atom is -0.219 e. The molecule has 0 spiro atoms. The lowest BCUT2D eigenvalue weighted by Gasteiger charge is -2.04. The van der Waals surface area contributed by atoms with Gasteiger partial charge in [-0.3, -0.25) is 0 Å². The fourth-order valence-corrected chi connectivity index (χ4v) is 2.83. The van der Waals surface area contributed by atoms with Crippen LogP contribution in [-0.2, 0) is 9.84 Å². The average Bonchev–Trinajstić information content (AvgIpc) is 2.41. The van der Waals surface area contributed by atoms with Crippen LogP contribution in [0.3, 0.4) is 0 Å². The Balaban J connectivity index is 2.40. The molecule has 0 saturated heterocycles. The third-order valence-corrected chi connectivity index (χ3v) is 4.51. The maximum Gasteiger partial charge on any atom is 0.202 e. The first-order chi connectivity index (χ1) is 8.60. The van der Waals surface area contributed by atoms with Crippen molar-refractivity contribution < 1.29 is 8.42 Å². The highest BCUT2D eigenvalue weighted by Gasteiger charge is 2.15. The molecular formula is C15H14O2S. The molecule has 0 radical (unpaired) electrons. The van der Waals surface area contributed by atoms with Gasteiger partial charge in [-0.2, -0.15) is 0 Å². The van der Waals surface area contributed by atoms with Crippen LogP contribution in [0.15, 0.2) is 70.5 Å². The van der Waals surface area contributed by atoms with Crippen molar-refractivity contribution in [3.8, 4) is 0 Å². The van der Waals surface area contributed by atoms with Crippen molar-refractivity contribution >= 4 is 15.9 Å². The number of hydrogen-bond donors (Lipinski definition) is 0. The Labute approximate surface area is 108 Å². The molecule has 18 heavy (non-hydrogen) atoms. The lowest BCUT2D eigenvalue weighted by molar-refractivity contribution is 0.602. The van der Waals surface area contributed by atoms with Gasteiger partial charge in [0, 0.05) is 4.91 Å². The van der Waals surface area contributed by atoms with E-state index in [9.17, 15) is 8.42 Å². The molecule has 0 atom stereocenters. The van der Waals surface area contributed by atoms with Crippen molar-refractivity contribution in [2.24, 2.45) is 0 Å². The van der Waals surface area contributed by atoms with Crippen molar-refractivity contribution in [1.82, 2.24) is 0 Å². The van der Waals surface area contributed by atoms with Gasteiger partial charge in [0.15, 0.2) is 0 Å². The summed E-state index contributed by atoms with van der Waals surface area (Å²) >= 11 is 0. The molecule has 0 amide bonds. The normalized spacial score (nSPS) is 12.4. The molecule has 2 rings (SSSR count). The summed E-state index contributed by atoms with van der Waals surface area (Å²) in [6, 6.07) is 17.9. The number of allylic oxidation sites excluding steroid dienone is 1. The number of benzene rings is 2.